The minimum atomic E-state index is -1.25. The molecular weight excluding hydrogens is 457 g/mol. The highest BCUT2D eigenvalue weighted by Gasteiger charge is 2.20. The normalized spacial score (nSPS) is 11.8. The Morgan fingerprint density at radius 3 is 2.71 bits per heavy atom. The summed E-state index contributed by atoms with van der Waals surface area (Å²) in [5, 5.41) is 14.5. The summed E-state index contributed by atoms with van der Waals surface area (Å²) < 4.78 is 29.1. The largest absolute Gasteiger partial charge is 0.496 e. The van der Waals surface area contributed by atoms with Gasteiger partial charge in [-0.25, -0.2) is 18.9 Å². The van der Waals surface area contributed by atoms with Crippen LogP contribution in [0.1, 0.15) is 10.5 Å². The number of aromatic carboxylic acids is 1. The van der Waals surface area contributed by atoms with Crippen molar-refractivity contribution in [3.8, 4) is 22.8 Å². The van der Waals surface area contributed by atoms with E-state index in [0.29, 0.717) is 34.8 Å². The molecule has 0 fully saturated rings. The lowest BCUT2D eigenvalue weighted by Crippen LogP contribution is -2.22. The standard InChI is InChI=1S/C23H26FN5O4Si/c1-32-20-7-5-6-16(24)21(20)17-10-15-19(11-25-17)29(14-33-8-9-34(2,3)4)27-22(15)28-12-18(23(30)31)26-13-28/h5-7,10-13H,8-9,14H2,1-4H3,(H,30,31). The van der Waals surface area contributed by atoms with Gasteiger partial charge in [0.1, 0.15) is 24.6 Å². The minimum Gasteiger partial charge on any atom is -0.496 e. The monoisotopic (exact) mass is 483 g/mol. The number of aromatic nitrogens is 5. The van der Waals surface area contributed by atoms with Gasteiger partial charge < -0.3 is 14.6 Å². The van der Waals surface area contributed by atoms with E-state index in [0.717, 1.165) is 6.04 Å². The van der Waals surface area contributed by atoms with Crippen molar-refractivity contribution in [2.24, 2.45) is 0 Å². The summed E-state index contributed by atoms with van der Waals surface area (Å²) in [5.74, 6) is -0.824. The molecule has 34 heavy (non-hydrogen) atoms. The second-order valence-corrected chi connectivity index (χ2v) is 14.7. The third-order valence-electron chi connectivity index (χ3n) is 5.33. The summed E-state index contributed by atoms with van der Waals surface area (Å²) in [7, 11) is 0.223. The van der Waals surface area contributed by atoms with Crippen molar-refractivity contribution in [2.45, 2.75) is 32.4 Å². The lowest BCUT2D eigenvalue weighted by Gasteiger charge is -2.15. The van der Waals surface area contributed by atoms with Gasteiger partial charge in [-0.05, 0) is 24.2 Å². The number of methoxy groups -OCH3 is 1. The van der Waals surface area contributed by atoms with Crippen molar-refractivity contribution >= 4 is 24.9 Å². The number of hydrogen-bond acceptors (Lipinski definition) is 6. The zero-order valence-electron chi connectivity index (χ0n) is 19.4. The smallest absolute Gasteiger partial charge is 0.356 e. The van der Waals surface area contributed by atoms with E-state index in [1.807, 2.05) is 0 Å². The molecule has 0 radical (unpaired) electrons. The van der Waals surface area contributed by atoms with E-state index >= 15 is 0 Å². The number of ether oxygens (including phenoxy) is 2. The number of fused-ring (bicyclic) bond motifs is 1. The van der Waals surface area contributed by atoms with Crippen molar-refractivity contribution in [1.29, 1.82) is 0 Å². The first-order valence-electron chi connectivity index (χ1n) is 10.7. The molecule has 0 aliphatic heterocycles. The predicted molar refractivity (Wildman–Crippen MR) is 128 cm³/mol. The van der Waals surface area contributed by atoms with Gasteiger partial charge in [0.05, 0.1) is 30.1 Å². The number of nitrogens with zero attached hydrogens (tertiary/aromatic N) is 5. The summed E-state index contributed by atoms with van der Waals surface area (Å²) in [6.45, 7) is 7.64. The van der Waals surface area contributed by atoms with Gasteiger partial charge in [-0.3, -0.25) is 9.55 Å². The van der Waals surface area contributed by atoms with E-state index in [2.05, 4.69) is 34.7 Å². The molecule has 0 spiro atoms. The molecule has 0 saturated carbocycles. The number of hydrogen-bond donors (Lipinski definition) is 1. The van der Waals surface area contributed by atoms with Crippen molar-refractivity contribution in [1.82, 2.24) is 24.3 Å². The van der Waals surface area contributed by atoms with Gasteiger partial charge in [0.15, 0.2) is 11.5 Å². The fourth-order valence-corrected chi connectivity index (χ4v) is 4.24. The molecule has 1 N–H and O–H groups in total. The zero-order valence-corrected chi connectivity index (χ0v) is 20.4. The van der Waals surface area contributed by atoms with Crippen LogP contribution < -0.4 is 4.74 Å². The molecule has 0 aliphatic carbocycles. The van der Waals surface area contributed by atoms with Crippen molar-refractivity contribution in [3.63, 3.8) is 0 Å². The highest BCUT2D eigenvalue weighted by Crippen LogP contribution is 2.34. The van der Waals surface area contributed by atoms with Crippen LogP contribution in [0, 0.1) is 5.82 Å². The van der Waals surface area contributed by atoms with E-state index in [4.69, 9.17) is 9.47 Å². The first kappa shape index (κ1) is 23.6. The molecular formula is C23H26FN5O4Si. The van der Waals surface area contributed by atoms with E-state index in [1.54, 1.807) is 29.1 Å². The lowest BCUT2D eigenvalue weighted by molar-refractivity contribution is 0.0691. The SMILES string of the molecule is COc1cccc(F)c1-c1cc2c(-n3cnc(C(=O)O)c3)nn(COCC[Si](C)(C)C)c2cn1. The molecule has 9 nitrogen and oxygen atoms in total. The van der Waals surface area contributed by atoms with Crippen LogP contribution in [0.4, 0.5) is 4.39 Å². The molecule has 0 aliphatic rings. The molecule has 0 atom stereocenters. The van der Waals surface area contributed by atoms with Crippen LogP contribution in [0.25, 0.3) is 28.0 Å². The van der Waals surface area contributed by atoms with Gasteiger partial charge >= 0.3 is 5.97 Å². The van der Waals surface area contributed by atoms with Crippen LogP contribution in [0.15, 0.2) is 43.0 Å². The second-order valence-electron chi connectivity index (χ2n) is 9.05. The van der Waals surface area contributed by atoms with Gasteiger partial charge in [-0.1, -0.05) is 25.7 Å². The average molecular weight is 484 g/mol. The fraction of sp³-hybridized carbons (Fsp3) is 0.304. The Morgan fingerprint density at radius 1 is 1.24 bits per heavy atom. The number of imidazole rings is 1. The zero-order chi connectivity index (χ0) is 24.5. The van der Waals surface area contributed by atoms with Crippen LogP contribution in [0.2, 0.25) is 25.7 Å². The van der Waals surface area contributed by atoms with Crippen molar-refractivity contribution in [2.75, 3.05) is 13.7 Å². The summed E-state index contributed by atoms with van der Waals surface area (Å²) in [6, 6.07) is 7.29. The van der Waals surface area contributed by atoms with E-state index in [9.17, 15) is 14.3 Å². The lowest BCUT2D eigenvalue weighted by atomic mass is 10.1. The third kappa shape index (κ3) is 4.85. The maximum absolute atomic E-state index is 14.7. The summed E-state index contributed by atoms with van der Waals surface area (Å²) >= 11 is 0. The predicted octanol–water partition coefficient (Wildman–Crippen LogP) is 4.44. The molecule has 0 amide bonds. The molecule has 4 rings (SSSR count). The fourth-order valence-electron chi connectivity index (χ4n) is 3.48. The van der Waals surface area contributed by atoms with Crippen LogP contribution in [-0.2, 0) is 11.5 Å². The highest BCUT2D eigenvalue weighted by molar-refractivity contribution is 6.76. The van der Waals surface area contributed by atoms with Gasteiger partial charge in [0.25, 0.3) is 0 Å². The van der Waals surface area contributed by atoms with Gasteiger partial charge in [0.2, 0.25) is 0 Å². The number of carbonyl (C=O) groups is 1. The first-order chi connectivity index (χ1) is 16.2. The van der Waals surface area contributed by atoms with Crippen molar-refractivity contribution < 1.29 is 23.8 Å². The first-order valence-corrected chi connectivity index (χ1v) is 14.4. The van der Waals surface area contributed by atoms with Crippen LogP contribution >= 0.6 is 0 Å². The Hall–Kier alpha value is -3.57. The molecule has 11 heteroatoms. The number of rotatable bonds is 9. The Kier molecular flexibility index (Phi) is 6.49. The molecule has 3 heterocycles. The highest BCUT2D eigenvalue weighted by atomic mass is 28.3. The molecule has 0 unspecified atom stereocenters. The molecule has 0 saturated heterocycles. The summed E-state index contributed by atoms with van der Waals surface area (Å²) in [4.78, 5) is 19.7. The Bertz CT molecular complexity index is 1350. The number of pyridine rings is 1. The van der Waals surface area contributed by atoms with Gasteiger partial charge in [-0.2, -0.15) is 5.10 Å². The topological polar surface area (TPSA) is 104 Å². The number of carboxylic acid groups (broad SMARTS) is 1. The third-order valence-corrected chi connectivity index (χ3v) is 7.03. The molecule has 1 aromatic carbocycles. The number of halogens is 1. The minimum absolute atomic E-state index is 0.112. The van der Waals surface area contributed by atoms with E-state index in [-0.39, 0.29) is 18.0 Å². The van der Waals surface area contributed by atoms with Gasteiger partial charge in [0, 0.05) is 26.3 Å². The van der Waals surface area contributed by atoms with E-state index in [1.165, 1.54) is 30.3 Å². The molecule has 178 valence electrons. The van der Waals surface area contributed by atoms with Gasteiger partial charge in [-0.15, -0.1) is 0 Å². The summed E-state index contributed by atoms with van der Waals surface area (Å²) in [5.41, 5.74) is 1.14. The molecule has 3 aromatic heterocycles. The van der Waals surface area contributed by atoms with E-state index < -0.39 is 19.9 Å². The molecule has 0 bridgehead atoms. The Morgan fingerprint density at radius 2 is 2.03 bits per heavy atom. The maximum atomic E-state index is 14.7. The summed E-state index contributed by atoms with van der Waals surface area (Å²) in [6.07, 6.45) is 4.36. The maximum Gasteiger partial charge on any atom is 0.356 e. The average Bonchev–Trinajstić information content (AvgIpc) is 3.41. The number of carboxylic acids is 1. The molecule has 4 aromatic rings. The second kappa shape index (κ2) is 9.35. The van der Waals surface area contributed by atoms with Crippen LogP contribution in [0.5, 0.6) is 5.75 Å². The van der Waals surface area contributed by atoms with Crippen LogP contribution in [-0.4, -0.2) is 57.2 Å². The quantitative estimate of drug-likeness (QED) is 0.277. The Balaban J connectivity index is 1.79. The number of benzene rings is 1. The van der Waals surface area contributed by atoms with Crippen molar-refractivity contribution in [3.05, 3.63) is 54.5 Å². The van der Waals surface area contributed by atoms with Crippen LogP contribution in [0.3, 0.4) is 0 Å². The Labute approximate surface area is 196 Å².